The third-order valence-electron chi connectivity index (χ3n) is 4.52. The number of amides is 1. The molecule has 3 aromatic rings. The molecule has 0 N–H and O–H groups in total. The first-order valence-electron chi connectivity index (χ1n) is 8.56. The van der Waals surface area contributed by atoms with Crippen LogP contribution in [0.4, 0.5) is 4.39 Å². The first kappa shape index (κ1) is 18.6. The highest BCUT2D eigenvalue weighted by molar-refractivity contribution is 7.14. The lowest BCUT2D eigenvalue weighted by Gasteiger charge is -2.34. The number of nitrogens with zero attached hydrogens (tertiary/aromatic N) is 3. The zero-order chi connectivity index (χ0) is 18.8. The van der Waals surface area contributed by atoms with Gasteiger partial charge in [-0.15, -0.1) is 22.7 Å². The van der Waals surface area contributed by atoms with Gasteiger partial charge < -0.3 is 4.90 Å². The van der Waals surface area contributed by atoms with Gasteiger partial charge >= 0.3 is 0 Å². The van der Waals surface area contributed by atoms with E-state index in [9.17, 15) is 9.18 Å². The molecule has 0 aliphatic carbocycles. The number of thiazole rings is 1. The van der Waals surface area contributed by atoms with Gasteiger partial charge in [0.25, 0.3) is 5.91 Å². The molecular formula is C19H17ClFN3OS2. The lowest BCUT2D eigenvalue weighted by molar-refractivity contribution is 0.0624. The molecule has 0 radical (unpaired) electrons. The molecule has 1 aliphatic heterocycles. The Labute approximate surface area is 169 Å². The molecule has 1 saturated heterocycles. The minimum absolute atomic E-state index is 0.0341. The van der Waals surface area contributed by atoms with Crippen molar-refractivity contribution in [2.24, 2.45) is 0 Å². The number of thiophene rings is 1. The summed E-state index contributed by atoms with van der Waals surface area (Å²) >= 11 is 9.36. The van der Waals surface area contributed by atoms with Crippen LogP contribution in [0.1, 0.15) is 15.4 Å². The molecule has 1 aliphatic rings. The van der Waals surface area contributed by atoms with E-state index in [1.807, 2.05) is 11.4 Å². The van der Waals surface area contributed by atoms with Crippen molar-refractivity contribution in [1.29, 1.82) is 0 Å². The molecular weight excluding hydrogens is 405 g/mol. The fraction of sp³-hybridized carbons (Fsp3) is 0.263. The maximum absolute atomic E-state index is 14.0. The van der Waals surface area contributed by atoms with Crippen LogP contribution in [-0.4, -0.2) is 46.9 Å². The largest absolute Gasteiger partial charge is 0.336 e. The van der Waals surface area contributed by atoms with Crippen LogP contribution in [0.5, 0.6) is 0 Å². The Morgan fingerprint density at radius 2 is 1.96 bits per heavy atom. The molecule has 1 fully saturated rings. The molecule has 4 nitrogen and oxygen atoms in total. The second-order valence-electron chi connectivity index (χ2n) is 6.27. The van der Waals surface area contributed by atoms with Crippen molar-refractivity contribution in [1.82, 2.24) is 14.8 Å². The van der Waals surface area contributed by atoms with Gasteiger partial charge in [-0.3, -0.25) is 9.69 Å². The summed E-state index contributed by atoms with van der Waals surface area (Å²) in [6.07, 6.45) is 0. The minimum atomic E-state index is -0.571. The maximum atomic E-state index is 14.0. The summed E-state index contributed by atoms with van der Waals surface area (Å²) in [6, 6.07) is 8.41. The van der Waals surface area contributed by atoms with Gasteiger partial charge in [0.15, 0.2) is 0 Å². The van der Waals surface area contributed by atoms with Crippen molar-refractivity contribution < 1.29 is 9.18 Å². The fourth-order valence-electron chi connectivity index (χ4n) is 3.08. The van der Waals surface area contributed by atoms with Crippen LogP contribution in [0.25, 0.3) is 10.6 Å². The van der Waals surface area contributed by atoms with E-state index in [1.165, 1.54) is 17.0 Å². The van der Waals surface area contributed by atoms with Gasteiger partial charge in [-0.05, 0) is 23.6 Å². The van der Waals surface area contributed by atoms with E-state index in [4.69, 9.17) is 16.6 Å². The van der Waals surface area contributed by atoms with Crippen molar-refractivity contribution in [2.45, 2.75) is 6.54 Å². The fourth-order valence-corrected chi connectivity index (χ4v) is 4.92. The number of hydrogen-bond acceptors (Lipinski definition) is 5. The van der Waals surface area contributed by atoms with Crippen LogP contribution >= 0.6 is 34.3 Å². The van der Waals surface area contributed by atoms with Gasteiger partial charge in [-0.1, -0.05) is 23.7 Å². The van der Waals surface area contributed by atoms with Crippen LogP contribution in [0.2, 0.25) is 5.02 Å². The summed E-state index contributed by atoms with van der Waals surface area (Å²) in [4.78, 5) is 22.4. The summed E-state index contributed by atoms with van der Waals surface area (Å²) in [5.41, 5.74) is 0.987. The highest BCUT2D eigenvalue weighted by Crippen LogP contribution is 2.27. The summed E-state index contributed by atoms with van der Waals surface area (Å²) in [6.45, 7) is 3.31. The molecule has 0 spiro atoms. The maximum Gasteiger partial charge on any atom is 0.258 e. The first-order valence-corrected chi connectivity index (χ1v) is 10.7. The third kappa shape index (κ3) is 4.06. The van der Waals surface area contributed by atoms with Crippen LogP contribution in [-0.2, 0) is 6.54 Å². The van der Waals surface area contributed by atoms with Crippen molar-refractivity contribution >= 4 is 40.2 Å². The van der Waals surface area contributed by atoms with E-state index in [0.29, 0.717) is 13.1 Å². The number of rotatable bonds is 4. The lowest BCUT2D eigenvalue weighted by Crippen LogP contribution is -2.48. The van der Waals surface area contributed by atoms with Crippen LogP contribution in [0.3, 0.4) is 0 Å². The SMILES string of the molecule is O=C(c1c(F)cccc1Cl)N1CCN(Cc2nc(-c3cccs3)cs2)CC1. The van der Waals surface area contributed by atoms with Crippen molar-refractivity contribution in [3.05, 3.63) is 62.5 Å². The van der Waals surface area contributed by atoms with E-state index in [1.54, 1.807) is 33.6 Å². The number of carbonyl (C=O) groups is 1. The van der Waals surface area contributed by atoms with Crippen LogP contribution in [0, 0.1) is 5.82 Å². The molecule has 8 heteroatoms. The average molecular weight is 422 g/mol. The molecule has 0 atom stereocenters. The standard InChI is InChI=1S/C19H17ClFN3OS2/c20-13-3-1-4-14(21)18(13)19(25)24-8-6-23(7-9-24)11-17-22-15(12-27-17)16-5-2-10-26-16/h1-5,10,12H,6-9,11H2. The molecule has 0 bridgehead atoms. The summed E-state index contributed by atoms with van der Waals surface area (Å²) in [5.74, 6) is -0.911. The second kappa shape index (κ2) is 8.06. The molecule has 27 heavy (non-hydrogen) atoms. The second-order valence-corrected chi connectivity index (χ2v) is 8.57. The Morgan fingerprint density at radius 3 is 2.67 bits per heavy atom. The van der Waals surface area contributed by atoms with Gasteiger partial charge in [0.1, 0.15) is 10.8 Å². The van der Waals surface area contributed by atoms with E-state index in [2.05, 4.69) is 16.3 Å². The smallest absolute Gasteiger partial charge is 0.258 e. The zero-order valence-corrected chi connectivity index (χ0v) is 16.8. The molecule has 2 aromatic heterocycles. The Balaban J connectivity index is 1.36. The summed E-state index contributed by atoms with van der Waals surface area (Å²) < 4.78 is 14.0. The summed E-state index contributed by atoms with van der Waals surface area (Å²) in [5, 5.41) is 5.36. The number of carbonyl (C=O) groups excluding carboxylic acids is 1. The monoisotopic (exact) mass is 421 g/mol. The Hall–Kier alpha value is -1.80. The van der Waals surface area contributed by atoms with Crippen LogP contribution < -0.4 is 0 Å². The normalized spacial score (nSPS) is 15.3. The highest BCUT2D eigenvalue weighted by atomic mass is 35.5. The predicted molar refractivity (Wildman–Crippen MR) is 108 cm³/mol. The summed E-state index contributed by atoms with van der Waals surface area (Å²) in [7, 11) is 0. The molecule has 1 amide bonds. The Bertz CT molecular complexity index is 916. The first-order chi connectivity index (χ1) is 13.1. The van der Waals surface area contributed by atoms with E-state index >= 15 is 0 Å². The molecule has 0 unspecified atom stereocenters. The van der Waals surface area contributed by atoms with E-state index < -0.39 is 5.82 Å². The number of piperazine rings is 1. The number of halogens is 2. The average Bonchev–Trinajstić information content (AvgIpc) is 3.33. The van der Waals surface area contributed by atoms with E-state index in [-0.39, 0.29) is 16.5 Å². The van der Waals surface area contributed by atoms with E-state index in [0.717, 1.165) is 30.3 Å². The Morgan fingerprint density at radius 1 is 1.15 bits per heavy atom. The van der Waals surface area contributed by atoms with Gasteiger partial charge in [0.05, 0.1) is 27.7 Å². The topological polar surface area (TPSA) is 36.4 Å². The molecule has 1 aromatic carbocycles. The van der Waals surface area contributed by atoms with Crippen molar-refractivity contribution in [2.75, 3.05) is 26.2 Å². The molecule has 0 saturated carbocycles. The third-order valence-corrected chi connectivity index (χ3v) is 6.56. The minimum Gasteiger partial charge on any atom is -0.336 e. The predicted octanol–water partition coefficient (Wildman–Crippen LogP) is 4.62. The lowest BCUT2D eigenvalue weighted by atomic mass is 10.1. The van der Waals surface area contributed by atoms with Crippen LogP contribution in [0.15, 0.2) is 41.1 Å². The molecule has 140 valence electrons. The molecule has 3 heterocycles. The Kier molecular flexibility index (Phi) is 5.54. The quantitative estimate of drug-likeness (QED) is 0.616. The van der Waals surface area contributed by atoms with Crippen molar-refractivity contribution in [3.63, 3.8) is 0 Å². The van der Waals surface area contributed by atoms with Gasteiger partial charge in [0, 0.05) is 31.6 Å². The highest BCUT2D eigenvalue weighted by Gasteiger charge is 2.26. The zero-order valence-electron chi connectivity index (χ0n) is 14.4. The van der Waals surface area contributed by atoms with Gasteiger partial charge in [0.2, 0.25) is 0 Å². The number of benzene rings is 1. The number of hydrogen-bond donors (Lipinski definition) is 0. The van der Waals surface area contributed by atoms with Crippen molar-refractivity contribution in [3.8, 4) is 10.6 Å². The van der Waals surface area contributed by atoms with Gasteiger partial charge in [-0.25, -0.2) is 9.37 Å². The number of aromatic nitrogens is 1. The molecule has 4 rings (SSSR count). The van der Waals surface area contributed by atoms with Gasteiger partial charge in [-0.2, -0.15) is 0 Å².